The lowest BCUT2D eigenvalue weighted by Gasteiger charge is -2.13. The van der Waals surface area contributed by atoms with Crippen molar-refractivity contribution in [3.63, 3.8) is 0 Å². The summed E-state index contributed by atoms with van der Waals surface area (Å²) in [5.41, 5.74) is 6.47. The van der Waals surface area contributed by atoms with Gasteiger partial charge in [0, 0.05) is 0 Å². The summed E-state index contributed by atoms with van der Waals surface area (Å²) in [6.45, 7) is 5.87. The van der Waals surface area contributed by atoms with Crippen molar-refractivity contribution in [2.75, 3.05) is 13.7 Å². The molecule has 0 aliphatic rings. The lowest BCUT2D eigenvalue weighted by atomic mass is 10.1. The van der Waals surface area contributed by atoms with Crippen LogP contribution in [0, 0.1) is 20.8 Å². The van der Waals surface area contributed by atoms with Crippen LogP contribution in [0.2, 0.25) is 0 Å². The Morgan fingerprint density at radius 1 is 1.17 bits per heavy atom. The summed E-state index contributed by atoms with van der Waals surface area (Å²) in [4.78, 5) is 11.9. The molecule has 5 heteroatoms. The summed E-state index contributed by atoms with van der Waals surface area (Å²) in [6.07, 6.45) is 1.56. The Morgan fingerprint density at radius 3 is 2.67 bits per heavy atom. The summed E-state index contributed by atoms with van der Waals surface area (Å²) < 4.78 is 10.8. The summed E-state index contributed by atoms with van der Waals surface area (Å²) in [7, 11) is 1.60. The SMILES string of the molecule is COc1cccc(/C=N/NC(=O)COc2c(C)ccc(C)c2C)c1. The Kier molecular flexibility index (Phi) is 5.95. The van der Waals surface area contributed by atoms with E-state index >= 15 is 0 Å². The van der Waals surface area contributed by atoms with Crippen molar-refractivity contribution in [1.29, 1.82) is 0 Å². The number of methoxy groups -OCH3 is 1. The van der Waals surface area contributed by atoms with Crippen LogP contribution in [-0.2, 0) is 4.79 Å². The number of rotatable bonds is 6. The van der Waals surface area contributed by atoms with E-state index in [4.69, 9.17) is 9.47 Å². The van der Waals surface area contributed by atoms with E-state index in [1.807, 2.05) is 57.2 Å². The molecule has 1 N–H and O–H groups in total. The van der Waals surface area contributed by atoms with Gasteiger partial charge in [-0.1, -0.05) is 24.3 Å². The van der Waals surface area contributed by atoms with Crippen molar-refractivity contribution >= 4 is 12.1 Å². The van der Waals surface area contributed by atoms with Crippen LogP contribution < -0.4 is 14.9 Å². The quantitative estimate of drug-likeness (QED) is 0.655. The first-order valence-corrected chi connectivity index (χ1v) is 7.67. The Morgan fingerprint density at radius 2 is 1.92 bits per heavy atom. The molecular weight excluding hydrogens is 304 g/mol. The molecule has 0 radical (unpaired) electrons. The fourth-order valence-electron chi connectivity index (χ4n) is 2.22. The summed E-state index contributed by atoms with van der Waals surface area (Å²) in [5, 5.41) is 3.93. The molecule has 0 unspecified atom stereocenters. The minimum absolute atomic E-state index is 0.0828. The average Bonchev–Trinajstić information content (AvgIpc) is 2.58. The molecule has 0 aliphatic carbocycles. The van der Waals surface area contributed by atoms with Gasteiger partial charge in [0.1, 0.15) is 11.5 Å². The van der Waals surface area contributed by atoms with Crippen LogP contribution in [0.25, 0.3) is 0 Å². The zero-order valence-corrected chi connectivity index (χ0v) is 14.4. The first kappa shape index (κ1) is 17.5. The van der Waals surface area contributed by atoms with E-state index in [2.05, 4.69) is 10.5 Å². The van der Waals surface area contributed by atoms with Gasteiger partial charge in [0.25, 0.3) is 5.91 Å². The Hall–Kier alpha value is -2.82. The van der Waals surface area contributed by atoms with Gasteiger partial charge in [-0.05, 0) is 55.2 Å². The second-order valence-corrected chi connectivity index (χ2v) is 5.51. The third-order valence-electron chi connectivity index (χ3n) is 3.72. The van der Waals surface area contributed by atoms with E-state index in [9.17, 15) is 4.79 Å². The topological polar surface area (TPSA) is 59.9 Å². The lowest BCUT2D eigenvalue weighted by Crippen LogP contribution is -2.25. The summed E-state index contributed by atoms with van der Waals surface area (Å²) in [6, 6.07) is 11.4. The van der Waals surface area contributed by atoms with Gasteiger partial charge in [-0.25, -0.2) is 5.43 Å². The van der Waals surface area contributed by atoms with Crippen molar-refractivity contribution in [2.24, 2.45) is 5.10 Å². The summed E-state index contributed by atoms with van der Waals surface area (Å²) in [5.74, 6) is 1.18. The average molecular weight is 326 g/mol. The van der Waals surface area contributed by atoms with Crippen LogP contribution in [0.15, 0.2) is 41.5 Å². The van der Waals surface area contributed by atoms with E-state index in [-0.39, 0.29) is 12.5 Å². The first-order chi connectivity index (χ1) is 11.5. The standard InChI is InChI=1S/C19H22N2O3/c1-13-8-9-14(2)19(15(13)3)24-12-18(22)21-20-11-16-6-5-7-17(10-16)23-4/h5-11H,12H2,1-4H3,(H,21,22)/b20-11+. The smallest absolute Gasteiger partial charge is 0.277 e. The molecule has 0 fully saturated rings. The predicted molar refractivity (Wildman–Crippen MR) is 94.9 cm³/mol. The fraction of sp³-hybridized carbons (Fsp3) is 0.263. The van der Waals surface area contributed by atoms with Gasteiger partial charge in [0.2, 0.25) is 0 Å². The van der Waals surface area contributed by atoms with Crippen molar-refractivity contribution in [1.82, 2.24) is 5.43 Å². The number of hydrogen-bond donors (Lipinski definition) is 1. The first-order valence-electron chi connectivity index (χ1n) is 7.67. The molecule has 1 amide bonds. The van der Waals surface area contributed by atoms with Crippen molar-refractivity contribution < 1.29 is 14.3 Å². The third kappa shape index (κ3) is 4.59. The van der Waals surface area contributed by atoms with Gasteiger partial charge >= 0.3 is 0 Å². The third-order valence-corrected chi connectivity index (χ3v) is 3.72. The number of nitrogens with one attached hydrogen (secondary N) is 1. The number of carbonyl (C=O) groups is 1. The zero-order chi connectivity index (χ0) is 17.5. The van der Waals surface area contributed by atoms with Crippen molar-refractivity contribution in [2.45, 2.75) is 20.8 Å². The number of hydrogen-bond acceptors (Lipinski definition) is 4. The van der Waals surface area contributed by atoms with Crippen LogP contribution in [0.5, 0.6) is 11.5 Å². The fourth-order valence-corrected chi connectivity index (χ4v) is 2.22. The van der Waals surface area contributed by atoms with Gasteiger partial charge in [0.05, 0.1) is 13.3 Å². The Balaban J connectivity index is 1.90. The van der Waals surface area contributed by atoms with Gasteiger partial charge in [0.15, 0.2) is 6.61 Å². The number of aryl methyl sites for hydroxylation is 2. The van der Waals surface area contributed by atoms with E-state index in [1.165, 1.54) is 0 Å². The molecule has 24 heavy (non-hydrogen) atoms. The molecular formula is C19H22N2O3. The second kappa shape index (κ2) is 8.15. The van der Waals surface area contributed by atoms with Crippen LogP contribution in [0.4, 0.5) is 0 Å². The maximum atomic E-state index is 11.9. The normalized spacial score (nSPS) is 10.7. The van der Waals surface area contributed by atoms with Gasteiger partial charge in [-0.3, -0.25) is 4.79 Å². The maximum Gasteiger partial charge on any atom is 0.277 e. The minimum Gasteiger partial charge on any atom is -0.497 e. The number of benzene rings is 2. The largest absolute Gasteiger partial charge is 0.497 e. The highest BCUT2D eigenvalue weighted by Crippen LogP contribution is 2.25. The molecule has 2 aromatic carbocycles. The molecule has 0 aromatic heterocycles. The van der Waals surface area contributed by atoms with Crippen molar-refractivity contribution in [3.05, 3.63) is 58.7 Å². The Labute approximate surface area is 142 Å². The molecule has 0 saturated heterocycles. The molecule has 0 atom stereocenters. The molecule has 0 saturated carbocycles. The number of nitrogens with zero attached hydrogens (tertiary/aromatic N) is 1. The van der Waals surface area contributed by atoms with Gasteiger partial charge in [-0.2, -0.15) is 5.10 Å². The van der Waals surface area contributed by atoms with E-state index < -0.39 is 0 Å². The molecule has 0 spiro atoms. The van der Waals surface area contributed by atoms with Crippen LogP contribution in [-0.4, -0.2) is 25.8 Å². The second-order valence-electron chi connectivity index (χ2n) is 5.51. The summed E-state index contributed by atoms with van der Waals surface area (Å²) >= 11 is 0. The lowest BCUT2D eigenvalue weighted by molar-refractivity contribution is -0.123. The highest BCUT2D eigenvalue weighted by atomic mass is 16.5. The number of hydrazone groups is 1. The van der Waals surface area contributed by atoms with Gasteiger partial charge in [-0.15, -0.1) is 0 Å². The number of ether oxygens (including phenoxy) is 2. The van der Waals surface area contributed by atoms with Crippen LogP contribution in [0.3, 0.4) is 0 Å². The van der Waals surface area contributed by atoms with E-state index in [0.717, 1.165) is 33.8 Å². The monoisotopic (exact) mass is 326 g/mol. The van der Waals surface area contributed by atoms with Crippen LogP contribution in [0.1, 0.15) is 22.3 Å². The highest BCUT2D eigenvalue weighted by Gasteiger charge is 2.08. The minimum atomic E-state index is -0.311. The zero-order valence-electron chi connectivity index (χ0n) is 14.4. The van der Waals surface area contributed by atoms with Gasteiger partial charge < -0.3 is 9.47 Å². The van der Waals surface area contributed by atoms with Crippen LogP contribution >= 0.6 is 0 Å². The van der Waals surface area contributed by atoms with E-state index in [1.54, 1.807) is 13.3 Å². The molecule has 0 heterocycles. The van der Waals surface area contributed by atoms with Crippen molar-refractivity contribution in [3.8, 4) is 11.5 Å². The molecule has 126 valence electrons. The molecule has 0 aliphatic heterocycles. The predicted octanol–water partition coefficient (Wildman–Crippen LogP) is 3.15. The molecule has 2 aromatic rings. The molecule has 0 bridgehead atoms. The molecule has 5 nitrogen and oxygen atoms in total. The van der Waals surface area contributed by atoms with E-state index in [0.29, 0.717) is 0 Å². The number of amides is 1. The Bertz CT molecular complexity index is 754. The number of carbonyl (C=O) groups excluding carboxylic acids is 1. The maximum absolute atomic E-state index is 11.9. The highest BCUT2D eigenvalue weighted by molar-refractivity contribution is 5.83. The molecule has 2 rings (SSSR count).